The molecule has 4 heteroatoms. The van der Waals surface area contributed by atoms with Crippen LogP contribution in [0, 0.1) is 0 Å². The van der Waals surface area contributed by atoms with Crippen LogP contribution in [0.4, 0.5) is 0 Å². The maximum atomic E-state index is 5.40. The zero-order chi connectivity index (χ0) is 52.9. The lowest BCUT2D eigenvalue weighted by Crippen LogP contribution is -1.97. The number of hydrogen-bond donors (Lipinski definition) is 0. The first-order valence-corrected chi connectivity index (χ1v) is 27.6. The van der Waals surface area contributed by atoms with Gasteiger partial charge in [0.1, 0.15) is 11.6 Å². The molecular weight excluding hydrogens is 969 g/mol. The minimum Gasteiger partial charge on any atom is -0.292 e. The molecule has 80 heavy (non-hydrogen) atoms. The largest absolute Gasteiger partial charge is 0.292 e. The number of benzene rings is 12. The third-order valence-electron chi connectivity index (χ3n) is 16.0. The van der Waals surface area contributed by atoms with Crippen LogP contribution in [-0.2, 0) is 0 Å². The Bertz CT molecular complexity index is 4720. The summed E-state index contributed by atoms with van der Waals surface area (Å²) >= 11 is 0. The van der Waals surface area contributed by atoms with Gasteiger partial charge in [-0.25, -0.2) is 9.97 Å². The van der Waals surface area contributed by atoms with Gasteiger partial charge in [-0.2, -0.15) is 0 Å². The Balaban J connectivity index is 0.997. The van der Waals surface area contributed by atoms with E-state index >= 15 is 0 Å². The zero-order valence-corrected chi connectivity index (χ0v) is 43.9. The van der Waals surface area contributed by atoms with Gasteiger partial charge in [-0.05, 0) is 162 Å². The normalized spacial score (nSPS) is 12.4. The Morgan fingerprint density at radius 1 is 0.300 bits per heavy atom. The van der Waals surface area contributed by atoms with Crippen molar-refractivity contribution in [3.05, 3.63) is 297 Å². The van der Waals surface area contributed by atoms with E-state index in [9.17, 15) is 0 Å². The van der Waals surface area contributed by atoms with Crippen LogP contribution < -0.4 is 0 Å². The van der Waals surface area contributed by atoms with Crippen molar-refractivity contribution < 1.29 is 0 Å². The van der Waals surface area contributed by atoms with Gasteiger partial charge in [0.15, 0.2) is 0 Å². The molecule has 0 unspecified atom stereocenters. The molecule has 0 aliphatic heterocycles. The van der Waals surface area contributed by atoms with E-state index in [-0.39, 0.29) is 0 Å². The minimum absolute atomic E-state index is 0.915. The van der Waals surface area contributed by atoms with E-state index in [1.54, 1.807) is 0 Å². The Hall–Kier alpha value is -10.4. The van der Waals surface area contributed by atoms with Gasteiger partial charge in [0.25, 0.3) is 0 Å². The lowest BCUT2D eigenvalue weighted by molar-refractivity contribution is 1.05. The molecule has 0 spiro atoms. The van der Waals surface area contributed by atoms with Crippen molar-refractivity contribution in [2.75, 3.05) is 0 Å². The smallest absolute Gasteiger partial charge is 0.145 e. The van der Waals surface area contributed by atoms with Crippen LogP contribution in [0.2, 0.25) is 0 Å². The van der Waals surface area contributed by atoms with E-state index in [1.807, 2.05) is 0 Å². The zero-order valence-electron chi connectivity index (χ0n) is 43.9. The van der Waals surface area contributed by atoms with Gasteiger partial charge in [0.05, 0.1) is 22.1 Å². The molecular formula is C76H52N4. The highest BCUT2D eigenvalue weighted by Crippen LogP contribution is 2.50. The highest BCUT2D eigenvalue weighted by atomic mass is 15.1. The third kappa shape index (κ3) is 8.16. The summed E-state index contributed by atoms with van der Waals surface area (Å²) in [5.41, 5.74) is 22.6. The molecule has 0 saturated carbocycles. The number of hydrogen-bond acceptors (Lipinski definition) is 2. The van der Waals surface area contributed by atoms with Crippen LogP contribution in [0.3, 0.4) is 0 Å². The molecule has 2 heterocycles. The summed E-state index contributed by atoms with van der Waals surface area (Å²) in [6.45, 7) is 0. The van der Waals surface area contributed by atoms with Crippen molar-refractivity contribution in [1.82, 2.24) is 19.1 Å². The van der Waals surface area contributed by atoms with Crippen molar-refractivity contribution in [2.45, 2.75) is 12.8 Å². The summed E-state index contributed by atoms with van der Waals surface area (Å²) in [6.07, 6.45) is 8.81. The number of allylic oxidation sites excluding steroid dienone is 4. The fourth-order valence-corrected chi connectivity index (χ4v) is 12.3. The predicted molar refractivity (Wildman–Crippen MR) is 335 cm³/mol. The summed E-state index contributed by atoms with van der Waals surface area (Å²) < 4.78 is 4.57. The van der Waals surface area contributed by atoms with Gasteiger partial charge >= 0.3 is 0 Å². The molecule has 0 amide bonds. The number of fused-ring (bicyclic) bond motifs is 4. The van der Waals surface area contributed by atoms with Crippen molar-refractivity contribution >= 4 is 49.2 Å². The maximum absolute atomic E-state index is 5.40. The molecule has 0 radical (unpaired) electrons. The number of aromatic nitrogens is 4. The average molecular weight is 1020 g/mol. The second-order valence-electron chi connectivity index (χ2n) is 20.7. The lowest BCUT2D eigenvalue weighted by Gasteiger charge is -2.23. The first kappa shape index (κ1) is 46.8. The van der Waals surface area contributed by atoms with Gasteiger partial charge in [-0.15, -0.1) is 0 Å². The third-order valence-corrected chi connectivity index (χ3v) is 16.0. The Kier molecular flexibility index (Phi) is 11.6. The summed E-state index contributed by atoms with van der Waals surface area (Å²) in [7, 11) is 0. The van der Waals surface area contributed by atoms with Crippen molar-refractivity contribution in [2.24, 2.45) is 0 Å². The van der Waals surface area contributed by atoms with Crippen LogP contribution in [0.15, 0.2) is 291 Å². The predicted octanol–water partition coefficient (Wildman–Crippen LogP) is 20.1. The molecule has 0 N–H and O–H groups in total. The molecule has 376 valence electrons. The Morgan fingerprint density at radius 2 is 0.688 bits per heavy atom. The fraction of sp³-hybridized carbons (Fsp3) is 0.0263. The molecule has 0 bridgehead atoms. The molecule has 4 nitrogen and oxygen atoms in total. The second kappa shape index (κ2) is 19.9. The van der Waals surface area contributed by atoms with E-state index in [1.165, 1.54) is 66.1 Å². The SMILES string of the molecule is C1=CCCC(c2ccccc2-c2c3cc(-c4ccc5c(c4)nc(-c4ccccc4)n5-c4ccccc4)ccc3c(-c3ccccc3-c3ccccc3)c3cc(-c4ccc5c(c4)nc(-c4ccccc4)n5-c4ccccc4)ccc23)=C1. The molecule has 0 saturated heterocycles. The van der Waals surface area contributed by atoms with E-state index in [2.05, 4.69) is 300 Å². The Morgan fingerprint density at radius 3 is 1.15 bits per heavy atom. The first-order valence-electron chi connectivity index (χ1n) is 27.6. The number of para-hydroxylation sites is 2. The molecule has 12 aromatic carbocycles. The standard InChI is InChI=1S/C76H52N4/c1-7-23-51(24-8-1)61-35-19-21-37-63(61)73-65-43-39-56(58-42-46-72-70(50-58)78-76(54-29-13-4-14-30-54)80(72)60-33-17-6-18-34-60)48-68(65)74(64-38-22-20-36-62(64)52-25-9-2-10-26-52)66-44-40-55(47-67(66)73)57-41-45-71-69(49-57)77-75(53-27-11-3-12-28-53)79(71)59-31-15-5-16-32-59/h1-9,11-25,27-50H,10,26H2. The lowest BCUT2D eigenvalue weighted by atomic mass is 9.80. The van der Waals surface area contributed by atoms with Crippen molar-refractivity contribution in [3.8, 4) is 89.8 Å². The highest BCUT2D eigenvalue weighted by Gasteiger charge is 2.24. The average Bonchev–Trinajstić information content (AvgIpc) is 4.18. The topological polar surface area (TPSA) is 35.6 Å². The maximum Gasteiger partial charge on any atom is 0.145 e. The fourth-order valence-electron chi connectivity index (χ4n) is 12.3. The number of rotatable bonds is 10. The van der Waals surface area contributed by atoms with Gasteiger partial charge in [-0.1, -0.05) is 231 Å². The van der Waals surface area contributed by atoms with Crippen LogP contribution in [0.5, 0.6) is 0 Å². The molecule has 1 aliphatic rings. The van der Waals surface area contributed by atoms with Crippen molar-refractivity contribution in [1.29, 1.82) is 0 Å². The van der Waals surface area contributed by atoms with Crippen LogP contribution >= 0.6 is 0 Å². The minimum atomic E-state index is 0.915. The summed E-state index contributed by atoms with van der Waals surface area (Å²) in [5, 5.41) is 4.77. The molecule has 14 aromatic rings. The van der Waals surface area contributed by atoms with Crippen molar-refractivity contribution in [3.63, 3.8) is 0 Å². The Labute approximate surface area is 465 Å². The molecule has 0 atom stereocenters. The molecule has 2 aromatic heterocycles. The highest BCUT2D eigenvalue weighted by molar-refractivity contribution is 6.24. The van der Waals surface area contributed by atoms with Gasteiger partial charge in [0.2, 0.25) is 0 Å². The van der Waals surface area contributed by atoms with E-state index in [4.69, 9.17) is 9.97 Å². The van der Waals surface area contributed by atoms with E-state index in [0.717, 1.165) is 91.3 Å². The van der Waals surface area contributed by atoms with Crippen LogP contribution in [0.25, 0.3) is 139 Å². The van der Waals surface area contributed by atoms with Gasteiger partial charge in [0, 0.05) is 22.5 Å². The summed E-state index contributed by atoms with van der Waals surface area (Å²) in [4.78, 5) is 10.8. The van der Waals surface area contributed by atoms with E-state index < -0.39 is 0 Å². The molecule has 15 rings (SSSR count). The first-order chi connectivity index (χ1) is 39.7. The van der Waals surface area contributed by atoms with Gasteiger partial charge < -0.3 is 0 Å². The number of imidazole rings is 2. The number of nitrogens with zero attached hydrogens (tertiary/aromatic N) is 4. The summed E-state index contributed by atoms with van der Waals surface area (Å²) in [5.74, 6) is 1.83. The molecule has 1 aliphatic carbocycles. The van der Waals surface area contributed by atoms with E-state index in [0.29, 0.717) is 0 Å². The van der Waals surface area contributed by atoms with Crippen LogP contribution in [-0.4, -0.2) is 19.1 Å². The monoisotopic (exact) mass is 1020 g/mol. The second-order valence-corrected chi connectivity index (χ2v) is 20.7. The van der Waals surface area contributed by atoms with Crippen LogP contribution in [0.1, 0.15) is 18.4 Å². The summed E-state index contributed by atoms with van der Waals surface area (Å²) in [6, 6.07) is 99.0. The van der Waals surface area contributed by atoms with Gasteiger partial charge in [-0.3, -0.25) is 9.13 Å². The molecule has 0 fully saturated rings. The quantitative estimate of drug-likeness (QED) is 0.128.